The average molecular weight is 359 g/mol. The molecule has 26 heavy (non-hydrogen) atoms. The SMILES string of the molecule is O=C(NC1CCC(C(=O)O)CC1)C1=NN(c2ccccc2)C(C(=O)O)C1. The van der Waals surface area contributed by atoms with Gasteiger partial charge in [-0.2, -0.15) is 5.10 Å². The van der Waals surface area contributed by atoms with Gasteiger partial charge in [-0.05, 0) is 37.8 Å². The first-order chi connectivity index (χ1) is 12.5. The molecular formula is C18H21N3O5. The quantitative estimate of drug-likeness (QED) is 0.732. The number of carboxylic acid groups (broad SMARTS) is 2. The largest absolute Gasteiger partial charge is 0.481 e. The number of benzene rings is 1. The van der Waals surface area contributed by atoms with Gasteiger partial charge in [0.1, 0.15) is 5.71 Å². The maximum atomic E-state index is 12.5. The van der Waals surface area contributed by atoms with E-state index >= 15 is 0 Å². The van der Waals surface area contributed by atoms with E-state index in [9.17, 15) is 19.5 Å². The number of hydrogen-bond donors (Lipinski definition) is 3. The van der Waals surface area contributed by atoms with Crippen LogP contribution in [0.2, 0.25) is 0 Å². The van der Waals surface area contributed by atoms with Gasteiger partial charge in [-0.3, -0.25) is 14.6 Å². The summed E-state index contributed by atoms with van der Waals surface area (Å²) in [6.45, 7) is 0. The lowest BCUT2D eigenvalue weighted by Gasteiger charge is -2.26. The fraction of sp³-hybridized carbons (Fsp3) is 0.444. The van der Waals surface area contributed by atoms with Gasteiger partial charge in [0.2, 0.25) is 0 Å². The van der Waals surface area contributed by atoms with E-state index in [4.69, 9.17) is 5.11 Å². The third-order valence-corrected chi connectivity index (χ3v) is 4.89. The molecule has 1 amide bonds. The van der Waals surface area contributed by atoms with Crippen LogP contribution < -0.4 is 10.3 Å². The first kappa shape index (κ1) is 17.9. The number of hydrogen-bond acceptors (Lipinski definition) is 5. The van der Waals surface area contributed by atoms with Gasteiger partial charge < -0.3 is 15.5 Å². The molecule has 3 rings (SSSR count). The number of carbonyl (C=O) groups excluding carboxylic acids is 1. The Balaban J connectivity index is 1.66. The monoisotopic (exact) mass is 359 g/mol. The van der Waals surface area contributed by atoms with Crippen molar-refractivity contribution in [1.29, 1.82) is 0 Å². The van der Waals surface area contributed by atoms with Crippen LogP contribution in [0.5, 0.6) is 0 Å². The van der Waals surface area contributed by atoms with E-state index in [0.717, 1.165) is 0 Å². The fourth-order valence-corrected chi connectivity index (χ4v) is 3.41. The minimum absolute atomic E-state index is 0.0283. The van der Waals surface area contributed by atoms with E-state index in [-0.39, 0.29) is 30.0 Å². The summed E-state index contributed by atoms with van der Waals surface area (Å²) < 4.78 is 0. The molecule has 8 heteroatoms. The molecule has 1 aliphatic carbocycles. The Bertz CT molecular complexity index is 726. The van der Waals surface area contributed by atoms with Gasteiger partial charge in [0.05, 0.1) is 11.6 Å². The molecule has 0 radical (unpaired) electrons. The number of nitrogens with zero attached hydrogens (tertiary/aromatic N) is 2. The number of para-hydroxylation sites is 1. The lowest BCUT2D eigenvalue weighted by molar-refractivity contribution is -0.143. The van der Waals surface area contributed by atoms with E-state index in [2.05, 4.69) is 10.4 Å². The molecule has 1 aromatic rings. The third kappa shape index (κ3) is 3.84. The van der Waals surface area contributed by atoms with Gasteiger partial charge in [-0.1, -0.05) is 18.2 Å². The summed E-state index contributed by atoms with van der Waals surface area (Å²) in [6.07, 6.45) is 2.28. The van der Waals surface area contributed by atoms with Gasteiger partial charge >= 0.3 is 11.9 Å². The molecular weight excluding hydrogens is 338 g/mol. The summed E-state index contributed by atoms with van der Waals surface area (Å²) in [5, 5.41) is 26.9. The van der Waals surface area contributed by atoms with Crippen molar-refractivity contribution < 1.29 is 24.6 Å². The molecule has 3 N–H and O–H groups in total. The summed E-state index contributed by atoms with van der Waals surface area (Å²) >= 11 is 0. The van der Waals surface area contributed by atoms with E-state index in [0.29, 0.717) is 31.4 Å². The molecule has 1 aliphatic heterocycles. The van der Waals surface area contributed by atoms with Gasteiger partial charge in [-0.25, -0.2) is 4.79 Å². The molecule has 0 spiro atoms. The van der Waals surface area contributed by atoms with E-state index in [1.807, 2.05) is 6.07 Å². The highest BCUT2D eigenvalue weighted by molar-refractivity contribution is 6.40. The molecule has 1 fully saturated rings. The number of carboxylic acids is 2. The Hall–Kier alpha value is -2.90. The van der Waals surface area contributed by atoms with Crippen LogP contribution in [-0.4, -0.2) is 45.9 Å². The smallest absolute Gasteiger partial charge is 0.328 e. The number of nitrogens with one attached hydrogen (secondary N) is 1. The molecule has 1 heterocycles. The topological polar surface area (TPSA) is 119 Å². The highest BCUT2D eigenvalue weighted by Crippen LogP contribution is 2.26. The predicted molar refractivity (Wildman–Crippen MR) is 93.9 cm³/mol. The molecule has 1 unspecified atom stereocenters. The van der Waals surface area contributed by atoms with Crippen LogP contribution in [0, 0.1) is 5.92 Å². The van der Waals surface area contributed by atoms with Gasteiger partial charge in [0, 0.05) is 12.5 Å². The first-order valence-corrected chi connectivity index (χ1v) is 8.64. The summed E-state index contributed by atoms with van der Waals surface area (Å²) in [5.74, 6) is -2.56. The number of anilines is 1. The van der Waals surface area contributed by atoms with E-state index in [1.165, 1.54) is 5.01 Å². The number of amides is 1. The molecule has 1 aromatic carbocycles. The van der Waals surface area contributed by atoms with Crippen LogP contribution in [-0.2, 0) is 14.4 Å². The molecule has 8 nitrogen and oxygen atoms in total. The van der Waals surface area contributed by atoms with Crippen molar-refractivity contribution in [3.05, 3.63) is 30.3 Å². The lowest BCUT2D eigenvalue weighted by Crippen LogP contribution is -2.42. The van der Waals surface area contributed by atoms with Crippen molar-refractivity contribution in [1.82, 2.24) is 5.32 Å². The molecule has 0 aromatic heterocycles. The van der Waals surface area contributed by atoms with Crippen molar-refractivity contribution in [2.24, 2.45) is 11.0 Å². The second-order valence-electron chi connectivity index (χ2n) is 6.65. The van der Waals surface area contributed by atoms with Crippen LogP contribution in [0.1, 0.15) is 32.1 Å². The lowest BCUT2D eigenvalue weighted by atomic mass is 9.86. The van der Waals surface area contributed by atoms with Crippen molar-refractivity contribution in [3.63, 3.8) is 0 Å². The van der Waals surface area contributed by atoms with Crippen molar-refractivity contribution in [2.45, 2.75) is 44.2 Å². The summed E-state index contributed by atoms with van der Waals surface area (Å²) in [4.78, 5) is 35.0. The Morgan fingerprint density at radius 2 is 1.65 bits per heavy atom. The molecule has 1 saturated carbocycles. The van der Waals surface area contributed by atoms with E-state index < -0.39 is 18.0 Å². The molecule has 0 bridgehead atoms. The van der Waals surface area contributed by atoms with E-state index in [1.54, 1.807) is 24.3 Å². The van der Waals surface area contributed by atoms with Crippen LogP contribution >= 0.6 is 0 Å². The zero-order chi connectivity index (χ0) is 18.7. The van der Waals surface area contributed by atoms with Crippen molar-refractivity contribution >= 4 is 29.2 Å². The van der Waals surface area contributed by atoms with Crippen LogP contribution in [0.4, 0.5) is 5.69 Å². The van der Waals surface area contributed by atoms with Gasteiger partial charge in [0.15, 0.2) is 6.04 Å². The van der Waals surface area contributed by atoms with Crippen molar-refractivity contribution in [3.8, 4) is 0 Å². The summed E-state index contributed by atoms with van der Waals surface area (Å²) in [5.41, 5.74) is 0.797. The zero-order valence-corrected chi connectivity index (χ0v) is 14.2. The molecule has 1 atom stereocenters. The standard InChI is InChI=1S/C18H21N3O5/c22-16(19-12-8-6-11(7-9-12)17(23)24)14-10-15(18(25)26)21(20-14)13-4-2-1-3-5-13/h1-5,11-12,15H,6-10H2,(H,19,22)(H,23,24)(H,25,26). The minimum atomic E-state index is -1.04. The molecule has 2 aliphatic rings. The highest BCUT2D eigenvalue weighted by atomic mass is 16.4. The third-order valence-electron chi connectivity index (χ3n) is 4.89. The first-order valence-electron chi connectivity index (χ1n) is 8.64. The van der Waals surface area contributed by atoms with Crippen LogP contribution in [0.3, 0.4) is 0 Å². The fourth-order valence-electron chi connectivity index (χ4n) is 3.41. The molecule has 138 valence electrons. The number of hydrazone groups is 1. The number of carbonyl (C=O) groups is 3. The van der Waals surface area contributed by atoms with Gasteiger partial charge in [0.25, 0.3) is 5.91 Å². The zero-order valence-electron chi connectivity index (χ0n) is 14.2. The number of rotatable bonds is 5. The van der Waals surface area contributed by atoms with Gasteiger partial charge in [-0.15, -0.1) is 0 Å². The Labute approximate surface area is 150 Å². The second-order valence-corrected chi connectivity index (χ2v) is 6.65. The normalized spacial score (nSPS) is 25.5. The maximum Gasteiger partial charge on any atom is 0.328 e. The predicted octanol–water partition coefficient (Wildman–Crippen LogP) is 1.47. The summed E-state index contributed by atoms with van der Waals surface area (Å²) in [6, 6.07) is 7.85. The average Bonchev–Trinajstić information content (AvgIpc) is 3.09. The second kappa shape index (κ2) is 7.55. The Morgan fingerprint density at radius 3 is 2.23 bits per heavy atom. The Kier molecular flexibility index (Phi) is 5.20. The maximum absolute atomic E-state index is 12.5. The van der Waals surface area contributed by atoms with Crippen LogP contribution in [0.25, 0.3) is 0 Å². The number of aliphatic carboxylic acids is 2. The Morgan fingerprint density at radius 1 is 1.00 bits per heavy atom. The highest BCUT2D eigenvalue weighted by Gasteiger charge is 2.37. The minimum Gasteiger partial charge on any atom is -0.481 e. The van der Waals surface area contributed by atoms with Crippen LogP contribution in [0.15, 0.2) is 35.4 Å². The summed E-state index contributed by atoms with van der Waals surface area (Å²) in [7, 11) is 0. The molecule has 0 saturated heterocycles. The van der Waals surface area contributed by atoms with Crippen molar-refractivity contribution in [2.75, 3.05) is 5.01 Å².